The molecule has 3 aliphatic rings. The molecule has 0 aromatic carbocycles. The van der Waals surface area contributed by atoms with Crippen LogP contribution in [-0.4, -0.2) is 11.7 Å². The Hall–Kier alpha value is -0.0400. The summed E-state index contributed by atoms with van der Waals surface area (Å²) in [6, 6.07) is 0. The topological polar surface area (TPSA) is 12.5 Å². The minimum absolute atomic E-state index is 0.337. The van der Waals surface area contributed by atoms with E-state index < -0.39 is 0 Å². The molecule has 1 saturated heterocycles. The molecule has 2 aliphatic carbocycles. The van der Waals surface area contributed by atoms with Crippen molar-refractivity contribution in [3.05, 3.63) is 0 Å². The van der Waals surface area contributed by atoms with Crippen LogP contribution in [-0.2, 0) is 4.74 Å². The highest BCUT2D eigenvalue weighted by molar-refractivity contribution is 5.19. The molecule has 4 unspecified atom stereocenters. The highest BCUT2D eigenvalue weighted by Crippen LogP contribution is 2.66. The molecule has 1 nitrogen and oxygen atoms in total. The van der Waals surface area contributed by atoms with E-state index >= 15 is 0 Å². The van der Waals surface area contributed by atoms with Crippen LogP contribution in [0, 0.1) is 11.3 Å². The third kappa shape index (κ3) is 0.823. The maximum atomic E-state index is 6.08. The van der Waals surface area contributed by atoms with Crippen molar-refractivity contribution in [2.45, 2.75) is 64.1 Å². The molecule has 0 bridgehead atoms. The maximum absolute atomic E-state index is 6.08. The lowest BCUT2D eigenvalue weighted by Gasteiger charge is -2.46. The first-order valence-electron chi connectivity index (χ1n) is 5.87. The van der Waals surface area contributed by atoms with E-state index in [1.54, 1.807) is 0 Å². The number of rotatable bonds is 0. The Bertz CT molecular complexity index is 233. The standard InChI is InChI=1S/C12H20O/c1-9-5-3-7-11(2)8-4-6-10-12(9,11)13-10/h9-10H,3-8H2,1-2H3. The smallest absolute Gasteiger partial charge is 0.103 e. The molecule has 1 aliphatic heterocycles. The summed E-state index contributed by atoms with van der Waals surface area (Å²) in [5, 5.41) is 0. The Morgan fingerprint density at radius 2 is 1.85 bits per heavy atom. The first kappa shape index (κ1) is 8.28. The Balaban J connectivity index is 1.97. The van der Waals surface area contributed by atoms with Crippen molar-refractivity contribution in [1.29, 1.82) is 0 Å². The lowest BCUT2D eigenvalue weighted by molar-refractivity contribution is 0.0135. The van der Waals surface area contributed by atoms with E-state index in [4.69, 9.17) is 4.74 Å². The van der Waals surface area contributed by atoms with Crippen LogP contribution in [0.3, 0.4) is 0 Å². The summed E-state index contributed by atoms with van der Waals surface area (Å²) in [7, 11) is 0. The molecule has 1 heteroatoms. The lowest BCUT2D eigenvalue weighted by Crippen LogP contribution is -2.48. The summed E-state index contributed by atoms with van der Waals surface area (Å²) in [6.07, 6.45) is 9.01. The van der Waals surface area contributed by atoms with Gasteiger partial charge in [-0.15, -0.1) is 0 Å². The molecule has 1 heterocycles. The van der Waals surface area contributed by atoms with Crippen molar-refractivity contribution in [1.82, 2.24) is 0 Å². The van der Waals surface area contributed by atoms with E-state index in [1.165, 1.54) is 38.5 Å². The Morgan fingerprint density at radius 3 is 2.54 bits per heavy atom. The fourth-order valence-electron chi connectivity index (χ4n) is 4.24. The maximum Gasteiger partial charge on any atom is 0.103 e. The third-order valence-electron chi connectivity index (χ3n) is 4.99. The van der Waals surface area contributed by atoms with Gasteiger partial charge < -0.3 is 4.74 Å². The van der Waals surface area contributed by atoms with Crippen molar-refractivity contribution in [3.8, 4) is 0 Å². The summed E-state index contributed by atoms with van der Waals surface area (Å²) in [5.74, 6) is 0.816. The first-order chi connectivity index (χ1) is 6.19. The predicted octanol–water partition coefficient (Wildman–Crippen LogP) is 3.13. The Labute approximate surface area is 80.8 Å². The van der Waals surface area contributed by atoms with E-state index in [0.717, 1.165) is 5.92 Å². The van der Waals surface area contributed by atoms with Crippen LogP contribution in [0.2, 0.25) is 0 Å². The molecule has 13 heavy (non-hydrogen) atoms. The number of hydrogen-bond acceptors (Lipinski definition) is 1. The normalized spacial score (nSPS) is 59.5. The molecule has 2 saturated carbocycles. The average molecular weight is 180 g/mol. The van der Waals surface area contributed by atoms with Gasteiger partial charge in [0, 0.05) is 0 Å². The van der Waals surface area contributed by atoms with Gasteiger partial charge in [-0.3, -0.25) is 0 Å². The van der Waals surface area contributed by atoms with Gasteiger partial charge in [-0.05, 0) is 37.0 Å². The molecule has 74 valence electrons. The number of epoxide rings is 1. The predicted molar refractivity (Wildman–Crippen MR) is 52.6 cm³/mol. The van der Waals surface area contributed by atoms with E-state index in [9.17, 15) is 0 Å². The van der Waals surface area contributed by atoms with Crippen molar-refractivity contribution in [3.63, 3.8) is 0 Å². The minimum Gasteiger partial charge on any atom is -0.365 e. The van der Waals surface area contributed by atoms with Crippen molar-refractivity contribution < 1.29 is 4.74 Å². The summed E-state index contributed by atoms with van der Waals surface area (Å²) in [4.78, 5) is 0. The van der Waals surface area contributed by atoms with Gasteiger partial charge in [-0.1, -0.05) is 26.7 Å². The average Bonchev–Trinajstić information content (AvgIpc) is 2.79. The molecule has 0 amide bonds. The molecule has 0 radical (unpaired) electrons. The van der Waals surface area contributed by atoms with Gasteiger partial charge >= 0.3 is 0 Å². The Kier molecular flexibility index (Phi) is 1.47. The zero-order valence-corrected chi connectivity index (χ0v) is 8.81. The summed E-state index contributed by atoms with van der Waals surface area (Å²) in [6.45, 7) is 4.88. The first-order valence-corrected chi connectivity index (χ1v) is 5.87. The molecular formula is C12H20O. The van der Waals surface area contributed by atoms with Crippen LogP contribution in [0.15, 0.2) is 0 Å². The molecule has 0 N–H and O–H groups in total. The molecule has 0 aromatic rings. The van der Waals surface area contributed by atoms with E-state index in [0.29, 0.717) is 17.1 Å². The number of ether oxygens (including phenoxy) is 1. The van der Waals surface area contributed by atoms with Crippen LogP contribution in [0.4, 0.5) is 0 Å². The van der Waals surface area contributed by atoms with Crippen molar-refractivity contribution in [2.75, 3.05) is 0 Å². The molecule has 3 rings (SSSR count). The monoisotopic (exact) mass is 180 g/mol. The molecule has 4 atom stereocenters. The van der Waals surface area contributed by atoms with Crippen LogP contribution in [0.1, 0.15) is 52.4 Å². The van der Waals surface area contributed by atoms with E-state index in [1.807, 2.05) is 0 Å². The van der Waals surface area contributed by atoms with Gasteiger partial charge in [0.05, 0.1) is 6.10 Å². The second-order valence-corrected chi connectivity index (χ2v) is 5.65. The summed E-state index contributed by atoms with van der Waals surface area (Å²) < 4.78 is 6.08. The molecule has 0 aromatic heterocycles. The van der Waals surface area contributed by atoms with Gasteiger partial charge in [-0.2, -0.15) is 0 Å². The molecular weight excluding hydrogens is 160 g/mol. The quantitative estimate of drug-likeness (QED) is 0.522. The minimum atomic E-state index is 0.337. The zero-order valence-electron chi connectivity index (χ0n) is 8.81. The van der Waals surface area contributed by atoms with Gasteiger partial charge in [0.2, 0.25) is 0 Å². The number of hydrogen-bond donors (Lipinski definition) is 0. The van der Waals surface area contributed by atoms with Gasteiger partial charge in [0.1, 0.15) is 5.60 Å². The van der Waals surface area contributed by atoms with E-state index in [2.05, 4.69) is 13.8 Å². The second-order valence-electron chi connectivity index (χ2n) is 5.65. The zero-order chi connectivity index (χ0) is 9.10. The van der Waals surface area contributed by atoms with Crippen LogP contribution >= 0.6 is 0 Å². The fraction of sp³-hybridized carbons (Fsp3) is 1.00. The highest BCUT2D eigenvalue weighted by Gasteiger charge is 2.70. The van der Waals surface area contributed by atoms with Crippen molar-refractivity contribution in [2.24, 2.45) is 11.3 Å². The van der Waals surface area contributed by atoms with E-state index in [-0.39, 0.29) is 0 Å². The fourth-order valence-corrected chi connectivity index (χ4v) is 4.24. The van der Waals surface area contributed by atoms with Crippen LogP contribution < -0.4 is 0 Å². The third-order valence-corrected chi connectivity index (χ3v) is 4.99. The largest absolute Gasteiger partial charge is 0.365 e. The summed E-state index contributed by atoms with van der Waals surface area (Å²) in [5.41, 5.74) is 0.872. The molecule has 1 spiro atoms. The van der Waals surface area contributed by atoms with Gasteiger partial charge in [-0.25, -0.2) is 0 Å². The lowest BCUT2D eigenvalue weighted by atomic mass is 9.56. The second kappa shape index (κ2) is 2.31. The SMILES string of the molecule is CC1CCCC2(C)CCCC3OC132. The summed E-state index contributed by atoms with van der Waals surface area (Å²) >= 11 is 0. The Morgan fingerprint density at radius 1 is 1.15 bits per heavy atom. The van der Waals surface area contributed by atoms with Crippen molar-refractivity contribution >= 4 is 0 Å². The molecule has 3 fully saturated rings. The highest BCUT2D eigenvalue weighted by atomic mass is 16.6. The van der Waals surface area contributed by atoms with Gasteiger partial charge in [0.25, 0.3) is 0 Å². The van der Waals surface area contributed by atoms with Crippen LogP contribution in [0.5, 0.6) is 0 Å². The van der Waals surface area contributed by atoms with Gasteiger partial charge in [0.15, 0.2) is 0 Å². The van der Waals surface area contributed by atoms with Crippen LogP contribution in [0.25, 0.3) is 0 Å².